The molecule has 0 unspecified atom stereocenters. The van der Waals surface area contributed by atoms with Gasteiger partial charge in [0.1, 0.15) is 5.82 Å². The predicted octanol–water partition coefficient (Wildman–Crippen LogP) is 1.47. The van der Waals surface area contributed by atoms with E-state index in [0.29, 0.717) is 11.1 Å². The van der Waals surface area contributed by atoms with Crippen molar-refractivity contribution in [3.8, 4) is 0 Å². The van der Waals surface area contributed by atoms with Crippen molar-refractivity contribution in [3.63, 3.8) is 0 Å². The van der Waals surface area contributed by atoms with Gasteiger partial charge in [-0.3, -0.25) is 0 Å². The minimum Gasteiger partial charge on any atom is -0.326 e. The summed E-state index contributed by atoms with van der Waals surface area (Å²) < 4.78 is 12.7. The van der Waals surface area contributed by atoms with Gasteiger partial charge in [-0.15, -0.1) is 0 Å². The van der Waals surface area contributed by atoms with E-state index in [9.17, 15) is 4.39 Å². The average Bonchev–Trinajstić information content (AvgIpc) is 1.88. The molecule has 0 saturated heterocycles. The van der Waals surface area contributed by atoms with Crippen LogP contribution in [0.25, 0.3) is 0 Å². The van der Waals surface area contributed by atoms with E-state index in [-0.39, 0.29) is 12.4 Å². The highest BCUT2D eigenvalue weighted by Gasteiger charge is 1.97. The summed E-state index contributed by atoms with van der Waals surface area (Å²) in [6, 6.07) is 4.77. The molecule has 1 aromatic carbocycles. The third-order valence-corrected chi connectivity index (χ3v) is 1.34. The zero-order valence-electron chi connectivity index (χ0n) is 5.60. The van der Waals surface area contributed by atoms with Crippen LogP contribution in [0.2, 0.25) is 0 Å². The van der Waals surface area contributed by atoms with Crippen molar-refractivity contribution >= 4 is 0 Å². The number of benzene rings is 1. The molecule has 0 atom stereocenters. The number of hydrogen-bond acceptors (Lipinski definition) is 1. The molecule has 2 N–H and O–H groups in total. The first-order valence-corrected chi connectivity index (χ1v) is 3.04. The van der Waals surface area contributed by atoms with Crippen molar-refractivity contribution in [1.82, 2.24) is 0 Å². The topological polar surface area (TPSA) is 26.0 Å². The lowest BCUT2D eigenvalue weighted by Gasteiger charge is -1.98. The molecule has 1 rings (SSSR count). The molecule has 0 amide bonds. The summed E-state index contributed by atoms with van der Waals surface area (Å²) in [5.41, 5.74) is 6.45. The molecule has 0 aliphatic carbocycles. The molecule has 10 heavy (non-hydrogen) atoms. The monoisotopic (exact) mass is 138 g/mol. The number of nitrogens with two attached hydrogens (primary N) is 1. The Labute approximate surface area is 59.7 Å². The summed E-state index contributed by atoms with van der Waals surface area (Å²) in [6.07, 6.45) is 0. The van der Waals surface area contributed by atoms with Crippen LogP contribution < -0.4 is 5.73 Å². The van der Waals surface area contributed by atoms with Crippen molar-refractivity contribution in [2.75, 3.05) is 0 Å². The van der Waals surface area contributed by atoms with Gasteiger partial charge >= 0.3 is 0 Å². The van der Waals surface area contributed by atoms with E-state index in [1.807, 2.05) is 0 Å². The van der Waals surface area contributed by atoms with Crippen LogP contribution in [0.1, 0.15) is 11.1 Å². The van der Waals surface area contributed by atoms with Gasteiger partial charge in [0, 0.05) is 12.1 Å². The van der Waals surface area contributed by atoms with Gasteiger partial charge < -0.3 is 5.73 Å². The molecule has 0 bridgehead atoms. The highest BCUT2D eigenvalue weighted by molar-refractivity contribution is 5.25. The smallest absolute Gasteiger partial charge is 0.127 e. The number of hydrogen-bond donors (Lipinski definition) is 1. The van der Waals surface area contributed by atoms with Gasteiger partial charge in [-0.1, -0.05) is 12.1 Å². The van der Waals surface area contributed by atoms with E-state index in [1.54, 1.807) is 12.1 Å². The second kappa shape index (κ2) is 2.80. The molecular formula is C8H9FN. The van der Waals surface area contributed by atoms with Gasteiger partial charge in [0.25, 0.3) is 0 Å². The van der Waals surface area contributed by atoms with Crippen molar-refractivity contribution < 1.29 is 4.39 Å². The summed E-state index contributed by atoms with van der Waals surface area (Å²) in [5.74, 6) is -0.269. The fourth-order valence-corrected chi connectivity index (χ4v) is 0.756. The average molecular weight is 138 g/mol. The van der Waals surface area contributed by atoms with E-state index >= 15 is 0 Å². The quantitative estimate of drug-likeness (QED) is 0.624. The summed E-state index contributed by atoms with van der Waals surface area (Å²) in [4.78, 5) is 0. The molecule has 0 heterocycles. The maximum Gasteiger partial charge on any atom is 0.127 e. The van der Waals surface area contributed by atoms with E-state index < -0.39 is 0 Å². The normalized spacial score (nSPS) is 9.90. The molecule has 0 aliphatic rings. The summed E-state index contributed by atoms with van der Waals surface area (Å²) >= 11 is 0. The standard InChI is InChI=1S/C8H9FN/c1-6-2-3-7(5-10)8(9)4-6/h2-4H,1,5,10H2. The van der Waals surface area contributed by atoms with Gasteiger partial charge in [0.05, 0.1) is 0 Å². The van der Waals surface area contributed by atoms with Gasteiger partial charge in [-0.05, 0) is 18.6 Å². The molecule has 1 nitrogen and oxygen atoms in total. The number of halogens is 1. The van der Waals surface area contributed by atoms with Crippen molar-refractivity contribution in [2.45, 2.75) is 6.54 Å². The van der Waals surface area contributed by atoms with Crippen LogP contribution in [0.15, 0.2) is 18.2 Å². The molecule has 0 aromatic heterocycles. The summed E-state index contributed by atoms with van der Waals surface area (Å²) in [7, 11) is 0. The van der Waals surface area contributed by atoms with Crippen LogP contribution in [0.3, 0.4) is 0 Å². The Balaban J connectivity index is 3.07. The molecule has 53 valence electrons. The van der Waals surface area contributed by atoms with Crippen LogP contribution in [0.4, 0.5) is 4.39 Å². The van der Waals surface area contributed by atoms with Crippen molar-refractivity contribution in [2.24, 2.45) is 5.73 Å². The largest absolute Gasteiger partial charge is 0.326 e. The van der Waals surface area contributed by atoms with Crippen LogP contribution in [-0.2, 0) is 6.54 Å². The molecule has 0 spiro atoms. The molecule has 1 radical (unpaired) electrons. The predicted molar refractivity (Wildman–Crippen MR) is 38.8 cm³/mol. The minimum atomic E-state index is -0.269. The fourth-order valence-electron chi connectivity index (χ4n) is 0.756. The Kier molecular flexibility index (Phi) is 2.02. The lowest BCUT2D eigenvalue weighted by molar-refractivity contribution is 0.610. The molecule has 2 heteroatoms. The number of rotatable bonds is 1. The van der Waals surface area contributed by atoms with E-state index in [1.165, 1.54) is 6.07 Å². The SMILES string of the molecule is [CH2]c1ccc(CN)c(F)c1. The second-order valence-electron chi connectivity index (χ2n) is 2.13. The van der Waals surface area contributed by atoms with E-state index in [0.717, 1.165) is 0 Å². The summed E-state index contributed by atoms with van der Waals surface area (Å²) in [5, 5.41) is 0. The maximum atomic E-state index is 12.7. The van der Waals surface area contributed by atoms with Gasteiger partial charge in [-0.2, -0.15) is 0 Å². The van der Waals surface area contributed by atoms with Gasteiger partial charge in [0.2, 0.25) is 0 Å². The fraction of sp³-hybridized carbons (Fsp3) is 0.125. The first-order chi connectivity index (χ1) is 4.74. The van der Waals surface area contributed by atoms with Crippen LogP contribution >= 0.6 is 0 Å². The molecule has 0 saturated carbocycles. The molecule has 0 aliphatic heterocycles. The van der Waals surface area contributed by atoms with E-state index in [4.69, 9.17) is 5.73 Å². The molecular weight excluding hydrogens is 129 g/mol. The first-order valence-electron chi connectivity index (χ1n) is 3.04. The second-order valence-corrected chi connectivity index (χ2v) is 2.13. The van der Waals surface area contributed by atoms with Crippen LogP contribution in [-0.4, -0.2) is 0 Å². The highest BCUT2D eigenvalue weighted by atomic mass is 19.1. The third-order valence-electron chi connectivity index (χ3n) is 1.34. The third kappa shape index (κ3) is 1.33. The van der Waals surface area contributed by atoms with Crippen molar-refractivity contribution in [1.29, 1.82) is 0 Å². The zero-order valence-corrected chi connectivity index (χ0v) is 5.60. The van der Waals surface area contributed by atoms with Gasteiger partial charge in [-0.25, -0.2) is 4.39 Å². The highest BCUT2D eigenvalue weighted by Crippen LogP contribution is 2.07. The van der Waals surface area contributed by atoms with Gasteiger partial charge in [0.15, 0.2) is 0 Å². The maximum absolute atomic E-state index is 12.7. The summed E-state index contributed by atoms with van der Waals surface area (Å²) in [6.45, 7) is 3.82. The van der Waals surface area contributed by atoms with Crippen LogP contribution in [0, 0.1) is 12.7 Å². The molecule has 1 aromatic rings. The Hall–Kier alpha value is -0.890. The lowest BCUT2D eigenvalue weighted by Crippen LogP contribution is -1.99. The first kappa shape index (κ1) is 7.22. The minimum absolute atomic E-state index is 0.242. The molecule has 0 fully saturated rings. The Morgan fingerprint density at radius 2 is 2.20 bits per heavy atom. The Morgan fingerprint density at radius 3 is 2.70 bits per heavy atom. The Morgan fingerprint density at radius 1 is 1.50 bits per heavy atom. The Bertz CT molecular complexity index is 233. The lowest BCUT2D eigenvalue weighted by atomic mass is 10.1. The van der Waals surface area contributed by atoms with Crippen LogP contribution in [0.5, 0.6) is 0 Å². The zero-order chi connectivity index (χ0) is 7.56. The van der Waals surface area contributed by atoms with E-state index in [2.05, 4.69) is 6.92 Å². The van der Waals surface area contributed by atoms with Crippen molar-refractivity contribution in [3.05, 3.63) is 42.1 Å².